The number of hydrogen-bond donors (Lipinski definition) is 1. The van der Waals surface area contributed by atoms with E-state index in [0.717, 1.165) is 31.7 Å². The maximum atomic E-state index is 5.63. The van der Waals surface area contributed by atoms with Gasteiger partial charge in [-0.25, -0.2) is 0 Å². The van der Waals surface area contributed by atoms with Crippen molar-refractivity contribution in [3.63, 3.8) is 0 Å². The Morgan fingerprint density at radius 2 is 1.37 bits per heavy atom. The molecule has 0 aromatic heterocycles. The molecule has 1 saturated heterocycles. The van der Waals surface area contributed by atoms with Crippen LogP contribution in [0.4, 0.5) is 11.4 Å². The Kier molecular flexibility index (Phi) is 7.45. The average molecular weight is 463 g/mol. The fourth-order valence-electron chi connectivity index (χ4n) is 5.51. The lowest BCUT2D eigenvalue weighted by molar-refractivity contribution is 0.342. The highest BCUT2D eigenvalue weighted by atomic mass is 16.5. The number of methoxy groups -OCH3 is 1. The molecule has 3 atom stereocenters. The molecular formula is C32H34N2O. The van der Waals surface area contributed by atoms with Gasteiger partial charge in [0.2, 0.25) is 0 Å². The van der Waals surface area contributed by atoms with Crippen molar-refractivity contribution in [3.8, 4) is 5.75 Å². The van der Waals surface area contributed by atoms with E-state index < -0.39 is 0 Å². The van der Waals surface area contributed by atoms with E-state index in [0.29, 0.717) is 11.8 Å². The molecule has 0 amide bonds. The molecule has 1 aliphatic rings. The summed E-state index contributed by atoms with van der Waals surface area (Å²) in [4.78, 5) is 2.55. The van der Waals surface area contributed by atoms with Crippen LogP contribution in [-0.4, -0.2) is 26.2 Å². The zero-order valence-corrected chi connectivity index (χ0v) is 20.4. The van der Waals surface area contributed by atoms with Crippen LogP contribution < -0.4 is 15.0 Å². The zero-order valence-electron chi connectivity index (χ0n) is 20.4. The van der Waals surface area contributed by atoms with Gasteiger partial charge in [-0.3, -0.25) is 0 Å². The zero-order chi connectivity index (χ0) is 23.9. The van der Waals surface area contributed by atoms with E-state index in [-0.39, 0.29) is 6.04 Å². The van der Waals surface area contributed by atoms with E-state index in [2.05, 4.69) is 119 Å². The van der Waals surface area contributed by atoms with Crippen LogP contribution in [0.25, 0.3) is 0 Å². The van der Waals surface area contributed by atoms with Crippen LogP contribution in [-0.2, 0) is 12.8 Å². The Bertz CT molecular complexity index is 1180. The van der Waals surface area contributed by atoms with Gasteiger partial charge in [0.15, 0.2) is 0 Å². The van der Waals surface area contributed by atoms with Crippen LogP contribution in [0.5, 0.6) is 5.75 Å². The minimum Gasteiger partial charge on any atom is -0.497 e. The number of nitrogens with zero attached hydrogens (tertiary/aromatic N) is 1. The molecule has 0 spiro atoms. The van der Waals surface area contributed by atoms with E-state index in [9.17, 15) is 0 Å². The number of nitrogens with one attached hydrogen (secondary N) is 1. The molecule has 178 valence electrons. The lowest BCUT2D eigenvalue weighted by Gasteiger charge is -2.40. The molecule has 3 heteroatoms. The first-order valence-electron chi connectivity index (χ1n) is 12.6. The van der Waals surface area contributed by atoms with Gasteiger partial charge < -0.3 is 15.0 Å². The van der Waals surface area contributed by atoms with Gasteiger partial charge in [0.25, 0.3) is 0 Å². The summed E-state index contributed by atoms with van der Waals surface area (Å²) in [7, 11) is 1.74. The standard InChI is InChI=1S/C32H34N2O/c1-35-30-19-11-18-29(22-30)34(28-16-9-4-10-17-28)32(21-26-14-7-3-8-15-26)31-24-33-23-27(31)20-25-12-5-2-6-13-25/h2-19,22,27,31-33H,20-21,23-24H2,1H3/t27-,31-,32?/m0/s1. The Hall–Kier alpha value is -3.56. The number of hydrogen-bond acceptors (Lipinski definition) is 3. The smallest absolute Gasteiger partial charge is 0.120 e. The Balaban J connectivity index is 1.57. The van der Waals surface area contributed by atoms with Gasteiger partial charge in [0.05, 0.1) is 7.11 Å². The molecule has 35 heavy (non-hydrogen) atoms. The highest BCUT2D eigenvalue weighted by Gasteiger charge is 2.37. The van der Waals surface area contributed by atoms with Crippen molar-refractivity contribution in [1.82, 2.24) is 5.32 Å². The lowest BCUT2D eigenvalue weighted by Crippen LogP contribution is -2.43. The molecule has 1 heterocycles. The van der Waals surface area contributed by atoms with Gasteiger partial charge in [-0.1, -0.05) is 84.9 Å². The first kappa shape index (κ1) is 23.2. The van der Waals surface area contributed by atoms with Crippen LogP contribution in [0.3, 0.4) is 0 Å². The minimum absolute atomic E-state index is 0.288. The van der Waals surface area contributed by atoms with Crippen molar-refractivity contribution in [1.29, 1.82) is 0 Å². The predicted octanol–water partition coefficient (Wildman–Crippen LogP) is 6.52. The van der Waals surface area contributed by atoms with Crippen molar-refractivity contribution in [2.45, 2.75) is 18.9 Å². The van der Waals surface area contributed by atoms with E-state index in [1.165, 1.54) is 22.5 Å². The normalized spacial score (nSPS) is 18.2. The number of ether oxygens (including phenoxy) is 1. The monoisotopic (exact) mass is 462 g/mol. The maximum absolute atomic E-state index is 5.63. The molecule has 4 aromatic rings. The summed E-state index contributed by atoms with van der Waals surface area (Å²) < 4.78 is 5.63. The molecular weight excluding hydrogens is 428 g/mol. The Morgan fingerprint density at radius 3 is 2.06 bits per heavy atom. The third-order valence-electron chi connectivity index (χ3n) is 7.21. The summed E-state index contributed by atoms with van der Waals surface area (Å²) in [6.07, 6.45) is 2.06. The van der Waals surface area contributed by atoms with E-state index in [4.69, 9.17) is 4.74 Å². The average Bonchev–Trinajstić information content (AvgIpc) is 3.38. The first-order valence-corrected chi connectivity index (χ1v) is 12.6. The molecule has 1 fully saturated rings. The molecule has 0 aliphatic carbocycles. The van der Waals surface area contributed by atoms with Crippen molar-refractivity contribution in [3.05, 3.63) is 126 Å². The molecule has 1 aliphatic heterocycles. The molecule has 4 aromatic carbocycles. The van der Waals surface area contributed by atoms with E-state index >= 15 is 0 Å². The lowest BCUT2D eigenvalue weighted by atomic mass is 9.81. The van der Waals surface area contributed by atoms with Crippen LogP contribution >= 0.6 is 0 Å². The van der Waals surface area contributed by atoms with Gasteiger partial charge in [0, 0.05) is 30.0 Å². The summed E-state index contributed by atoms with van der Waals surface area (Å²) in [5, 5.41) is 3.74. The number of benzene rings is 4. The van der Waals surface area contributed by atoms with Crippen LogP contribution in [0, 0.1) is 11.8 Å². The highest BCUT2D eigenvalue weighted by Crippen LogP contribution is 2.38. The number of rotatable bonds is 9. The summed E-state index contributed by atoms with van der Waals surface area (Å²) in [6, 6.07) is 41.5. The third kappa shape index (κ3) is 5.58. The molecule has 1 unspecified atom stereocenters. The maximum Gasteiger partial charge on any atom is 0.120 e. The molecule has 0 radical (unpaired) electrons. The number of anilines is 2. The Morgan fingerprint density at radius 1 is 0.743 bits per heavy atom. The summed E-state index contributed by atoms with van der Waals surface area (Å²) in [6.45, 7) is 2.06. The van der Waals surface area contributed by atoms with Gasteiger partial charge >= 0.3 is 0 Å². The predicted molar refractivity (Wildman–Crippen MR) is 146 cm³/mol. The largest absolute Gasteiger partial charge is 0.497 e. The van der Waals surface area contributed by atoms with E-state index in [1.54, 1.807) is 7.11 Å². The first-order chi connectivity index (χ1) is 17.3. The van der Waals surface area contributed by atoms with Crippen LogP contribution in [0.2, 0.25) is 0 Å². The van der Waals surface area contributed by atoms with Crippen LogP contribution in [0.15, 0.2) is 115 Å². The second-order valence-electron chi connectivity index (χ2n) is 9.44. The highest BCUT2D eigenvalue weighted by molar-refractivity contribution is 5.66. The van der Waals surface area contributed by atoms with Gasteiger partial charge in [0.1, 0.15) is 5.75 Å². The molecule has 3 nitrogen and oxygen atoms in total. The molecule has 1 N–H and O–H groups in total. The molecule has 0 saturated carbocycles. The topological polar surface area (TPSA) is 24.5 Å². The van der Waals surface area contributed by atoms with E-state index in [1.807, 2.05) is 6.07 Å². The van der Waals surface area contributed by atoms with Crippen molar-refractivity contribution in [2.75, 3.05) is 25.1 Å². The molecule has 0 bridgehead atoms. The summed E-state index contributed by atoms with van der Waals surface area (Å²) in [5.41, 5.74) is 5.16. The van der Waals surface area contributed by atoms with Gasteiger partial charge in [-0.15, -0.1) is 0 Å². The second kappa shape index (κ2) is 11.2. The number of para-hydroxylation sites is 1. The fourth-order valence-corrected chi connectivity index (χ4v) is 5.51. The quantitative estimate of drug-likeness (QED) is 0.306. The van der Waals surface area contributed by atoms with Gasteiger partial charge in [-0.05, 0) is 66.6 Å². The molecule has 5 rings (SSSR count). The summed E-state index contributed by atoms with van der Waals surface area (Å²) in [5.74, 6) is 1.93. The van der Waals surface area contributed by atoms with Gasteiger partial charge in [-0.2, -0.15) is 0 Å². The second-order valence-corrected chi connectivity index (χ2v) is 9.44. The Labute approximate surface area is 209 Å². The third-order valence-corrected chi connectivity index (χ3v) is 7.21. The van der Waals surface area contributed by atoms with Crippen LogP contribution in [0.1, 0.15) is 11.1 Å². The SMILES string of the molecule is COc1cccc(N(c2ccccc2)C(Cc2ccccc2)[C@H]2CNC[C@@H]2Cc2ccccc2)c1. The van der Waals surface area contributed by atoms with Crippen molar-refractivity contribution >= 4 is 11.4 Å². The fraction of sp³-hybridized carbons (Fsp3) is 0.250. The van der Waals surface area contributed by atoms with Crippen molar-refractivity contribution < 1.29 is 4.74 Å². The van der Waals surface area contributed by atoms with Crippen molar-refractivity contribution in [2.24, 2.45) is 11.8 Å². The summed E-state index contributed by atoms with van der Waals surface area (Å²) >= 11 is 0. The minimum atomic E-state index is 0.288.